The standard InChI is InChI=1S/C27H19NO4/c29-26-22-13-7-8-14-24(22)31-25(16-15-19-9-3-1-4-10-19)27(26)30-18-21-17-23(28-32-21)20-11-5-2-6-12-20/h1-17H,18H2/b16-15+. The summed E-state index contributed by atoms with van der Waals surface area (Å²) in [7, 11) is 0. The van der Waals surface area contributed by atoms with Crippen molar-refractivity contribution in [1.29, 1.82) is 0 Å². The van der Waals surface area contributed by atoms with Gasteiger partial charge in [0, 0.05) is 11.6 Å². The molecule has 0 bridgehead atoms. The number of fused-ring (bicyclic) bond motifs is 1. The molecule has 0 radical (unpaired) electrons. The first-order valence-corrected chi connectivity index (χ1v) is 10.2. The van der Waals surface area contributed by atoms with Crippen LogP contribution in [0.25, 0.3) is 34.4 Å². The van der Waals surface area contributed by atoms with Gasteiger partial charge in [0.15, 0.2) is 11.5 Å². The van der Waals surface area contributed by atoms with Crippen LogP contribution in [0.2, 0.25) is 0 Å². The van der Waals surface area contributed by atoms with Gasteiger partial charge < -0.3 is 13.7 Å². The molecule has 2 aromatic heterocycles. The van der Waals surface area contributed by atoms with E-state index >= 15 is 0 Å². The van der Waals surface area contributed by atoms with Gasteiger partial charge in [-0.05, 0) is 23.8 Å². The van der Waals surface area contributed by atoms with E-state index in [1.54, 1.807) is 30.3 Å². The summed E-state index contributed by atoms with van der Waals surface area (Å²) >= 11 is 0. The Hall–Kier alpha value is -4.38. The van der Waals surface area contributed by atoms with E-state index in [0.29, 0.717) is 28.2 Å². The van der Waals surface area contributed by atoms with Gasteiger partial charge in [-0.2, -0.15) is 0 Å². The summed E-state index contributed by atoms with van der Waals surface area (Å²) in [6.07, 6.45) is 3.62. The number of benzene rings is 3. The quantitative estimate of drug-likeness (QED) is 0.327. The molecule has 156 valence electrons. The molecule has 0 fully saturated rings. The van der Waals surface area contributed by atoms with Crippen molar-refractivity contribution in [2.45, 2.75) is 6.61 Å². The van der Waals surface area contributed by atoms with Crippen molar-refractivity contribution < 1.29 is 13.7 Å². The highest BCUT2D eigenvalue weighted by molar-refractivity contribution is 5.81. The summed E-state index contributed by atoms with van der Waals surface area (Å²) < 4.78 is 17.3. The molecular formula is C27H19NO4. The van der Waals surface area contributed by atoms with Crippen LogP contribution in [0.5, 0.6) is 5.75 Å². The molecule has 5 heteroatoms. The lowest BCUT2D eigenvalue weighted by molar-refractivity contribution is 0.242. The van der Waals surface area contributed by atoms with Crippen LogP contribution >= 0.6 is 0 Å². The molecule has 2 heterocycles. The minimum atomic E-state index is -0.234. The maximum absolute atomic E-state index is 13.1. The molecule has 0 saturated carbocycles. The third kappa shape index (κ3) is 4.09. The second kappa shape index (κ2) is 8.78. The highest BCUT2D eigenvalue weighted by Crippen LogP contribution is 2.25. The van der Waals surface area contributed by atoms with E-state index in [0.717, 1.165) is 11.1 Å². The molecule has 0 atom stereocenters. The van der Waals surface area contributed by atoms with Gasteiger partial charge in [0.25, 0.3) is 0 Å². The van der Waals surface area contributed by atoms with E-state index < -0.39 is 0 Å². The second-order valence-electron chi connectivity index (χ2n) is 7.20. The van der Waals surface area contributed by atoms with E-state index in [9.17, 15) is 4.79 Å². The molecule has 3 aromatic carbocycles. The molecule has 5 aromatic rings. The summed E-state index contributed by atoms with van der Waals surface area (Å²) in [5.74, 6) is 0.989. The van der Waals surface area contributed by atoms with Gasteiger partial charge in [0.05, 0.1) is 5.39 Å². The number of hydrogen-bond donors (Lipinski definition) is 0. The fourth-order valence-electron chi connectivity index (χ4n) is 3.39. The Morgan fingerprint density at radius 3 is 2.38 bits per heavy atom. The lowest BCUT2D eigenvalue weighted by Gasteiger charge is -2.08. The SMILES string of the molecule is O=c1c(OCc2cc(-c3ccccc3)no2)c(/C=C/c2ccccc2)oc2ccccc12. The monoisotopic (exact) mass is 421 g/mol. The molecule has 0 unspecified atom stereocenters. The van der Waals surface area contributed by atoms with Crippen molar-refractivity contribution in [1.82, 2.24) is 5.16 Å². The minimum Gasteiger partial charge on any atom is -0.478 e. The maximum Gasteiger partial charge on any atom is 0.235 e. The Balaban J connectivity index is 1.47. The molecular weight excluding hydrogens is 402 g/mol. The number of para-hydroxylation sites is 1. The van der Waals surface area contributed by atoms with Gasteiger partial charge in [-0.25, -0.2) is 0 Å². The lowest BCUT2D eigenvalue weighted by atomic mass is 10.1. The van der Waals surface area contributed by atoms with Gasteiger partial charge in [-0.1, -0.05) is 84.0 Å². The van der Waals surface area contributed by atoms with E-state index in [4.69, 9.17) is 13.7 Å². The van der Waals surface area contributed by atoms with Crippen molar-refractivity contribution >= 4 is 23.1 Å². The van der Waals surface area contributed by atoms with Gasteiger partial charge in [0.2, 0.25) is 11.2 Å². The van der Waals surface area contributed by atoms with Crippen molar-refractivity contribution in [2.75, 3.05) is 0 Å². The summed E-state index contributed by atoms with van der Waals surface area (Å²) in [5, 5.41) is 4.56. The average Bonchev–Trinajstić information content (AvgIpc) is 3.33. The predicted octanol–water partition coefficient (Wildman–Crippen LogP) is 6.20. The molecule has 0 aliphatic carbocycles. The molecule has 5 nitrogen and oxygen atoms in total. The smallest absolute Gasteiger partial charge is 0.235 e. The second-order valence-corrected chi connectivity index (χ2v) is 7.20. The highest BCUT2D eigenvalue weighted by atomic mass is 16.5. The minimum absolute atomic E-state index is 0.0507. The Kier molecular flexibility index (Phi) is 5.37. The largest absolute Gasteiger partial charge is 0.478 e. The number of ether oxygens (including phenoxy) is 1. The first-order chi connectivity index (χ1) is 15.8. The van der Waals surface area contributed by atoms with Crippen LogP contribution in [0, 0.1) is 0 Å². The first kappa shape index (κ1) is 19.6. The fourth-order valence-corrected chi connectivity index (χ4v) is 3.39. The number of hydrogen-bond acceptors (Lipinski definition) is 5. The Morgan fingerprint density at radius 1 is 0.844 bits per heavy atom. The number of nitrogens with zero attached hydrogens (tertiary/aromatic N) is 1. The van der Waals surface area contributed by atoms with Gasteiger partial charge in [-0.15, -0.1) is 0 Å². The first-order valence-electron chi connectivity index (χ1n) is 10.2. The molecule has 5 rings (SSSR count). The Morgan fingerprint density at radius 2 is 1.56 bits per heavy atom. The van der Waals surface area contributed by atoms with Gasteiger partial charge in [0.1, 0.15) is 17.9 Å². The molecule has 32 heavy (non-hydrogen) atoms. The van der Waals surface area contributed by atoms with E-state index in [-0.39, 0.29) is 17.8 Å². The third-order valence-corrected chi connectivity index (χ3v) is 5.00. The zero-order valence-electron chi connectivity index (χ0n) is 17.1. The zero-order chi connectivity index (χ0) is 21.8. The summed E-state index contributed by atoms with van der Waals surface area (Å²) in [5.41, 5.74) is 2.90. The van der Waals surface area contributed by atoms with Crippen molar-refractivity contribution in [2.24, 2.45) is 0 Å². The zero-order valence-corrected chi connectivity index (χ0v) is 17.1. The van der Waals surface area contributed by atoms with Crippen LogP contribution in [-0.4, -0.2) is 5.16 Å². The van der Waals surface area contributed by atoms with Crippen LogP contribution in [0.4, 0.5) is 0 Å². The Bertz CT molecular complexity index is 1430. The topological polar surface area (TPSA) is 65.5 Å². The molecule has 0 saturated heterocycles. The van der Waals surface area contributed by atoms with Crippen molar-refractivity contribution in [3.63, 3.8) is 0 Å². The molecule has 0 aliphatic heterocycles. The fraction of sp³-hybridized carbons (Fsp3) is 0.0370. The van der Waals surface area contributed by atoms with E-state index in [1.807, 2.05) is 72.8 Å². The molecule has 0 N–H and O–H groups in total. The average molecular weight is 421 g/mol. The van der Waals surface area contributed by atoms with Crippen LogP contribution in [-0.2, 0) is 6.61 Å². The number of aromatic nitrogens is 1. The molecule has 0 aliphatic rings. The van der Waals surface area contributed by atoms with Crippen molar-refractivity contribution in [3.05, 3.63) is 118 Å². The molecule has 0 spiro atoms. The van der Waals surface area contributed by atoms with Crippen LogP contribution in [0.3, 0.4) is 0 Å². The van der Waals surface area contributed by atoms with E-state index in [2.05, 4.69) is 5.16 Å². The predicted molar refractivity (Wildman–Crippen MR) is 124 cm³/mol. The van der Waals surface area contributed by atoms with Crippen LogP contribution in [0.1, 0.15) is 17.1 Å². The third-order valence-electron chi connectivity index (χ3n) is 5.00. The van der Waals surface area contributed by atoms with Crippen LogP contribution < -0.4 is 10.2 Å². The van der Waals surface area contributed by atoms with E-state index in [1.165, 1.54) is 0 Å². The van der Waals surface area contributed by atoms with Crippen LogP contribution in [0.15, 0.2) is 105 Å². The van der Waals surface area contributed by atoms with Crippen molar-refractivity contribution in [3.8, 4) is 17.0 Å². The number of rotatable bonds is 6. The molecule has 0 amide bonds. The summed E-state index contributed by atoms with van der Waals surface area (Å²) in [6.45, 7) is 0.0507. The van der Waals surface area contributed by atoms with Gasteiger partial charge >= 0.3 is 0 Å². The summed E-state index contributed by atoms with van der Waals surface area (Å²) in [6, 6.07) is 28.4. The summed E-state index contributed by atoms with van der Waals surface area (Å²) in [4.78, 5) is 13.1. The highest BCUT2D eigenvalue weighted by Gasteiger charge is 2.16. The maximum atomic E-state index is 13.1. The normalized spacial score (nSPS) is 11.2. The lowest BCUT2D eigenvalue weighted by Crippen LogP contribution is -2.10. The van der Waals surface area contributed by atoms with Gasteiger partial charge in [-0.3, -0.25) is 4.79 Å². The Labute approximate surface area is 184 Å².